The van der Waals surface area contributed by atoms with Crippen molar-refractivity contribution in [3.63, 3.8) is 0 Å². The molecule has 2 aromatic rings. The fourth-order valence-corrected chi connectivity index (χ4v) is 2.84. The average Bonchev–Trinajstić information content (AvgIpc) is 2.68. The third-order valence-corrected chi connectivity index (χ3v) is 3.75. The molecular weight excluding hydrogens is 276 g/mol. The summed E-state index contributed by atoms with van der Waals surface area (Å²) >= 11 is 5.09. The Labute approximate surface area is 99.7 Å². The molecule has 0 fully saturated rings. The molecule has 4 nitrogen and oxygen atoms in total. The lowest BCUT2D eigenvalue weighted by molar-refractivity contribution is 0.617. The van der Waals surface area contributed by atoms with Gasteiger partial charge in [0, 0.05) is 27.8 Å². The number of aromatic nitrogens is 2. The summed E-state index contributed by atoms with van der Waals surface area (Å²) in [5.74, 6) is 5.53. The zero-order chi connectivity index (χ0) is 10.7. The fourth-order valence-electron chi connectivity index (χ4n) is 1.29. The van der Waals surface area contributed by atoms with Crippen LogP contribution in [0.2, 0.25) is 0 Å². The van der Waals surface area contributed by atoms with Crippen LogP contribution in [0, 0.1) is 0 Å². The Morgan fingerprint density at radius 3 is 2.80 bits per heavy atom. The normalized spacial score (nSPS) is 12.7. The predicted molar refractivity (Wildman–Crippen MR) is 63.2 cm³/mol. The minimum atomic E-state index is -0.126. The monoisotopic (exact) mass is 284 g/mol. The largest absolute Gasteiger partial charge is 0.271 e. The summed E-state index contributed by atoms with van der Waals surface area (Å²) in [5, 5.41) is 4.04. The van der Waals surface area contributed by atoms with Gasteiger partial charge < -0.3 is 0 Å². The number of nitrogens with zero attached hydrogens (tertiary/aromatic N) is 2. The maximum absolute atomic E-state index is 5.53. The van der Waals surface area contributed by atoms with Crippen molar-refractivity contribution in [2.75, 3.05) is 0 Å². The maximum atomic E-state index is 5.53. The lowest BCUT2D eigenvalue weighted by Crippen LogP contribution is -2.29. The molecule has 0 aromatic carbocycles. The molecule has 2 rings (SSSR count). The minimum Gasteiger partial charge on any atom is -0.271 e. The highest BCUT2D eigenvalue weighted by Gasteiger charge is 2.17. The first-order valence-corrected chi connectivity index (χ1v) is 6.00. The van der Waals surface area contributed by atoms with Crippen molar-refractivity contribution < 1.29 is 0 Å². The lowest BCUT2D eigenvalue weighted by atomic mass is 10.1. The van der Waals surface area contributed by atoms with E-state index >= 15 is 0 Å². The van der Waals surface area contributed by atoms with E-state index in [4.69, 9.17) is 5.84 Å². The number of hydrogen-bond acceptors (Lipinski definition) is 5. The van der Waals surface area contributed by atoms with Crippen LogP contribution in [0.5, 0.6) is 0 Å². The lowest BCUT2D eigenvalue weighted by Gasteiger charge is -2.13. The minimum absolute atomic E-state index is 0.126. The number of hydrogen-bond donors (Lipinski definition) is 2. The third kappa shape index (κ3) is 2.23. The highest BCUT2D eigenvalue weighted by Crippen LogP contribution is 2.29. The van der Waals surface area contributed by atoms with Gasteiger partial charge in [0.15, 0.2) is 0 Å². The molecule has 2 aromatic heterocycles. The molecule has 0 saturated carbocycles. The van der Waals surface area contributed by atoms with Crippen molar-refractivity contribution in [1.82, 2.24) is 15.4 Å². The van der Waals surface area contributed by atoms with E-state index in [9.17, 15) is 0 Å². The Hall–Kier alpha value is -0.820. The van der Waals surface area contributed by atoms with Crippen LogP contribution in [0.3, 0.4) is 0 Å². The number of rotatable bonds is 3. The Morgan fingerprint density at radius 1 is 1.40 bits per heavy atom. The summed E-state index contributed by atoms with van der Waals surface area (Å²) in [6, 6.07) is -0.126. The van der Waals surface area contributed by atoms with Gasteiger partial charge in [0.2, 0.25) is 0 Å². The van der Waals surface area contributed by atoms with Crippen LogP contribution in [-0.4, -0.2) is 9.97 Å². The van der Waals surface area contributed by atoms with Crippen LogP contribution < -0.4 is 11.3 Å². The highest BCUT2D eigenvalue weighted by molar-refractivity contribution is 9.10. The maximum Gasteiger partial charge on any atom is 0.0915 e. The van der Waals surface area contributed by atoms with E-state index in [0.717, 1.165) is 15.7 Å². The molecule has 0 aliphatic rings. The van der Waals surface area contributed by atoms with E-state index in [1.807, 2.05) is 10.8 Å². The summed E-state index contributed by atoms with van der Waals surface area (Å²) in [4.78, 5) is 8.25. The molecule has 3 N–H and O–H groups in total. The van der Waals surface area contributed by atoms with Gasteiger partial charge in [-0.05, 0) is 21.3 Å². The predicted octanol–water partition coefficient (Wildman–Crippen LogP) is 1.85. The van der Waals surface area contributed by atoms with Gasteiger partial charge in [0.1, 0.15) is 0 Å². The van der Waals surface area contributed by atoms with E-state index in [1.54, 1.807) is 29.9 Å². The topological polar surface area (TPSA) is 63.8 Å². The molecule has 0 amide bonds. The molecule has 0 spiro atoms. The first-order chi connectivity index (χ1) is 7.33. The Balaban J connectivity index is 2.37. The second-order valence-corrected chi connectivity index (χ2v) is 4.50. The van der Waals surface area contributed by atoms with E-state index in [1.165, 1.54) is 0 Å². The third-order valence-electron chi connectivity index (χ3n) is 2.00. The molecule has 15 heavy (non-hydrogen) atoms. The van der Waals surface area contributed by atoms with Gasteiger partial charge in [-0.25, -0.2) is 5.43 Å². The van der Waals surface area contributed by atoms with Gasteiger partial charge in [-0.15, -0.1) is 0 Å². The van der Waals surface area contributed by atoms with Crippen molar-refractivity contribution in [3.8, 4) is 0 Å². The number of nitrogens with one attached hydrogen (secondary N) is 1. The molecule has 6 heteroatoms. The van der Waals surface area contributed by atoms with Crippen LogP contribution in [-0.2, 0) is 0 Å². The number of nitrogens with two attached hydrogens (primary N) is 1. The van der Waals surface area contributed by atoms with Gasteiger partial charge in [-0.1, -0.05) is 0 Å². The van der Waals surface area contributed by atoms with E-state index in [2.05, 4.69) is 31.3 Å². The summed E-state index contributed by atoms with van der Waals surface area (Å²) < 4.78 is 1.03. The Morgan fingerprint density at radius 2 is 2.27 bits per heavy atom. The SMILES string of the molecule is NNC(c1cnccn1)c1cscc1Br. The summed E-state index contributed by atoms with van der Waals surface area (Å²) in [6.07, 6.45) is 4.99. The standard InChI is InChI=1S/C9H9BrN4S/c10-7-5-15-4-6(7)9(14-11)8-3-12-1-2-13-8/h1-5,9,14H,11H2. The number of halogens is 1. The Kier molecular flexibility index (Phi) is 3.42. The van der Waals surface area contributed by atoms with Gasteiger partial charge in [-0.3, -0.25) is 15.8 Å². The molecule has 0 radical (unpaired) electrons. The molecule has 1 atom stereocenters. The van der Waals surface area contributed by atoms with Crippen molar-refractivity contribution in [3.05, 3.63) is 45.1 Å². The quantitative estimate of drug-likeness (QED) is 0.667. The smallest absolute Gasteiger partial charge is 0.0915 e. The molecular formula is C9H9BrN4S. The van der Waals surface area contributed by atoms with Crippen LogP contribution in [0.4, 0.5) is 0 Å². The van der Waals surface area contributed by atoms with Crippen molar-refractivity contribution >= 4 is 27.3 Å². The van der Waals surface area contributed by atoms with Crippen molar-refractivity contribution in [2.45, 2.75) is 6.04 Å². The Bertz CT molecular complexity index is 431. The molecule has 0 aliphatic carbocycles. The second kappa shape index (κ2) is 4.80. The summed E-state index contributed by atoms with van der Waals surface area (Å²) in [5.41, 5.74) is 4.61. The number of thiophene rings is 1. The van der Waals surface area contributed by atoms with Crippen LogP contribution in [0.25, 0.3) is 0 Å². The fraction of sp³-hybridized carbons (Fsp3) is 0.111. The van der Waals surface area contributed by atoms with Gasteiger partial charge in [-0.2, -0.15) is 11.3 Å². The molecule has 0 aliphatic heterocycles. The van der Waals surface area contributed by atoms with Gasteiger partial charge >= 0.3 is 0 Å². The van der Waals surface area contributed by atoms with Crippen LogP contribution in [0.15, 0.2) is 33.8 Å². The average molecular weight is 285 g/mol. The van der Waals surface area contributed by atoms with Gasteiger partial charge in [0.05, 0.1) is 17.9 Å². The first kappa shape index (κ1) is 10.7. The van der Waals surface area contributed by atoms with Gasteiger partial charge in [0.25, 0.3) is 0 Å². The second-order valence-electron chi connectivity index (χ2n) is 2.91. The van der Waals surface area contributed by atoms with Crippen LogP contribution in [0.1, 0.15) is 17.3 Å². The molecule has 1 unspecified atom stereocenters. The molecule has 0 saturated heterocycles. The highest BCUT2D eigenvalue weighted by atomic mass is 79.9. The van der Waals surface area contributed by atoms with Crippen molar-refractivity contribution in [2.24, 2.45) is 5.84 Å². The molecule has 0 bridgehead atoms. The van der Waals surface area contributed by atoms with Crippen molar-refractivity contribution in [1.29, 1.82) is 0 Å². The molecule has 78 valence electrons. The molecule has 2 heterocycles. The van der Waals surface area contributed by atoms with E-state index in [-0.39, 0.29) is 6.04 Å². The van der Waals surface area contributed by atoms with Crippen LogP contribution >= 0.6 is 27.3 Å². The van der Waals surface area contributed by atoms with E-state index in [0.29, 0.717) is 0 Å². The summed E-state index contributed by atoms with van der Waals surface area (Å²) in [6.45, 7) is 0. The van der Waals surface area contributed by atoms with E-state index < -0.39 is 0 Å². The zero-order valence-corrected chi connectivity index (χ0v) is 10.1. The zero-order valence-electron chi connectivity index (χ0n) is 7.72. The number of hydrazine groups is 1. The first-order valence-electron chi connectivity index (χ1n) is 4.26. The summed E-state index contributed by atoms with van der Waals surface area (Å²) in [7, 11) is 0.